The summed E-state index contributed by atoms with van der Waals surface area (Å²) in [6.45, 7) is 2.11. The first-order chi connectivity index (χ1) is 12.2. The minimum atomic E-state index is 0.665. The van der Waals surface area contributed by atoms with E-state index >= 15 is 0 Å². The summed E-state index contributed by atoms with van der Waals surface area (Å²) in [5.74, 6) is 1.34. The lowest BCUT2D eigenvalue weighted by atomic mass is 10.0. The van der Waals surface area contributed by atoms with Gasteiger partial charge in [0.05, 0.1) is 24.5 Å². The van der Waals surface area contributed by atoms with Crippen molar-refractivity contribution in [2.45, 2.75) is 13.3 Å². The van der Waals surface area contributed by atoms with Gasteiger partial charge in [-0.05, 0) is 48.4 Å². The third kappa shape index (κ3) is 2.59. The van der Waals surface area contributed by atoms with E-state index in [4.69, 9.17) is 25.9 Å². The van der Waals surface area contributed by atoms with Gasteiger partial charge in [0.15, 0.2) is 17.2 Å². The third-order valence-corrected chi connectivity index (χ3v) is 4.50. The highest BCUT2D eigenvalue weighted by Crippen LogP contribution is 2.41. The molecule has 4 aromatic rings. The van der Waals surface area contributed by atoms with Gasteiger partial charge >= 0.3 is 0 Å². The molecular weight excluding hydrogens is 336 g/mol. The Kier molecular flexibility index (Phi) is 3.98. The van der Waals surface area contributed by atoms with Gasteiger partial charge in [-0.1, -0.05) is 30.7 Å². The molecule has 25 heavy (non-hydrogen) atoms. The van der Waals surface area contributed by atoms with E-state index in [2.05, 4.69) is 19.1 Å². The number of nitrogens with zero attached hydrogens (tertiary/aromatic N) is 2. The number of methoxy groups -OCH3 is 1. The number of aryl methyl sites for hydroxylation is 1. The van der Waals surface area contributed by atoms with E-state index in [-0.39, 0.29) is 0 Å². The molecule has 0 saturated heterocycles. The van der Waals surface area contributed by atoms with Gasteiger partial charge in [0.25, 0.3) is 0 Å². The Morgan fingerprint density at radius 2 is 2.04 bits per heavy atom. The minimum Gasteiger partial charge on any atom is -0.494 e. The maximum absolute atomic E-state index is 6.23. The summed E-state index contributed by atoms with van der Waals surface area (Å²) in [4.78, 5) is 0. The van der Waals surface area contributed by atoms with Crippen LogP contribution in [0.2, 0.25) is 5.02 Å². The number of fused-ring (bicyclic) bond motifs is 1. The second kappa shape index (κ2) is 6.30. The van der Waals surface area contributed by atoms with E-state index in [9.17, 15) is 0 Å². The Balaban J connectivity index is 2.13. The van der Waals surface area contributed by atoms with Crippen LogP contribution < -0.4 is 4.74 Å². The first-order valence-corrected chi connectivity index (χ1v) is 8.49. The number of benzene rings is 1. The molecule has 0 aliphatic heterocycles. The largest absolute Gasteiger partial charge is 0.494 e. The minimum absolute atomic E-state index is 0.665. The second-order valence-electron chi connectivity index (χ2n) is 5.72. The van der Waals surface area contributed by atoms with Crippen molar-refractivity contribution in [3.8, 4) is 28.3 Å². The zero-order valence-corrected chi connectivity index (χ0v) is 14.7. The zero-order valence-electron chi connectivity index (χ0n) is 14.0. The smallest absolute Gasteiger partial charge is 0.169 e. The van der Waals surface area contributed by atoms with Gasteiger partial charge in [0.1, 0.15) is 0 Å². The van der Waals surface area contributed by atoms with Gasteiger partial charge < -0.3 is 9.15 Å². The number of hydrogen-bond donors (Lipinski definition) is 0. The van der Waals surface area contributed by atoms with Crippen LogP contribution >= 0.6 is 11.6 Å². The number of hydrogen-bond acceptors (Lipinski definition) is 3. The summed E-state index contributed by atoms with van der Waals surface area (Å²) in [6.07, 6.45) is 2.51. The Morgan fingerprint density at radius 1 is 1.16 bits per heavy atom. The molecule has 0 N–H and O–H groups in total. The molecule has 1 aromatic carbocycles. The van der Waals surface area contributed by atoms with Crippen molar-refractivity contribution in [3.63, 3.8) is 0 Å². The number of rotatable bonds is 4. The van der Waals surface area contributed by atoms with Crippen molar-refractivity contribution in [2.75, 3.05) is 7.11 Å². The lowest BCUT2D eigenvalue weighted by Gasteiger charge is -2.15. The second-order valence-corrected chi connectivity index (χ2v) is 6.16. The molecule has 4 rings (SSSR count). The molecule has 0 atom stereocenters. The molecule has 0 aliphatic rings. The predicted molar refractivity (Wildman–Crippen MR) is 99.3 cm³/mol. The van der Waals surface area contributed by atoms with E-state index in [1.54, 1.807) is 13.4 Å². The topological polar surface area (TPSA) is 39.7 Å². The van der Waals surface area contributed by atoms with E-state index in [0.29, 0.717) is 22.2 Å². The monoisotopic (exact) mass is 352 g/mol. The van der Waals surface area contributed by atoms with Gasteiger partial charge in [0.2, 0.25) is 0 Å². The van der Waals surface area contributed by atoms with Gasteiger partial charge in [-0.2, -0.15) is 5.10 Å². The number of ether oxygens (including phenoxy) is 1. The standard InChI is InChI=1S/C20H17ClN2O2/c1-3-15-9-10-16-18(13-6-4-7-14(21)12-13)20(24-2)19(22-23(15)16)17-8-5-11-25-17/h4-12H,3H2,1-2H3. The first-order valence-electron chi connectivity index (χ1n) is 8.11. The van der Waals surface area contributed by atoms with E-state index in [0.717, 1.165) is 28.8 Å². The highest BCUT2D eigenvalue weighted by Gasteiger charge is 2.22. The molecule has 3 heterocycles. The molecular formula is C20H17ClN2O2. The average molecular weight is 353 g/mol. The normalized spacial score (nSPS) is 11.2. The van der Waals surface area contributed by atoms with Crippen LogP contribution in [-0.2, 0) is 6.42 Å². The summed E-state index contributed by atoms with van der Waals surface area (Å²) in [5, 5.41) is 5.47. The summed E-state index contributed by atoms with van der Waals surface area (Å²) in [6, 6.07) is 15.6. The fourth-order valence-electron chi connectivity index (χ4n) is 3.12. The van der Waals surface area contributed by atoms with Crippen molar-refractivity contribution in [1.82, 2.24) is 9.61 Å². The Hall–Kier alpha value is -2.72. The molecule has 0 saturated carbocycles. The lowest BCUT2D eigenvalue weighted by molar-refractivity contribution is 0.413. The fraction of sp³-hybridized carbons (Fsp3) is 0.150. The summed E-state index contributed by atoms with van der Waals surface area (Å²) in [5.41, 5.74) is 4.69. The summed E-state index contributed by atoms with van der Waals surface area (Å²) < 4.78 is 13.3. The molecule has 0 bridgehead atoms. The Bertz CT molecular complexity index is 1040. The van der Waals surface area contributed by atoms with Crippen LogP contribution in [0, 0.1) is 0 Å². The van der Waals surface area contributed by atoms with Crippen LogP contribution in [-0.4, -0.2) is 16.7 Å². The summed E-state index contributed by atoms with van der Waals surface area (Å²) >= 11 is 6.23. The van der Waals surface area contributed by atoms with Crippen LogP contribution in [0.1, 0.15) is 12.6 Å². The maximum atomic E-state index is 6.23. The molecule has 5 heteroatoms. The van der Waals surface area contributed by atoms with E-state index in [1.807, 2.05) is 40.9 Å². The Morgan fingerprint density at radius 3 is 2.72 bits per heavy atom. The SMILES string of the molecule is CCc1ccc2c(-c3cccc(Cl)c3)c(OC)c(-c3ccco3)nn12. The van der Waals surface area contributed by atoms with Gasteiger partial charge in [-0.25, -0.2) is 4.52 Å². The molecule has 0 spiro atoms. The Labute approximate surface area is 150 Å². The number of furan rings is 1. The molecule has 4 nitrogen and oxygen atoms in total. The van der Waals surface area contributed by atoms with Crippen molar-refractivity contribution in [3.05, 3.63) is 65.5 Å². The van der Waals surface area contributed by atoms with E-state index in [1.165, 1.54) is 0 Å². The summed E-state index contributed by atoms with van der Waals surface area (Å²) in [7, 11) is 1.65. The zero-order chi connectivity index (χ0) is 17.4. The van der Waals surface area contributed by atoms with Crippen LogP contribution in [0.25, 0.3) is 28.1 Å². The molecule has 0 amide bonds. The first kappa shape index (κ1) is 15.8. The highest BCUT2D eigenvalue weighted by atomic mass is 35.5. The average Bonchev–Trinajstić information content (AvgIpc) is 3.29. The van der Waals surface area contributed by atoms with Crippen molar-refractivity contribution < 1.29 is 9.15 Å². The van der Waals surface area contributed by atoms with Gasteiger partial charge in [-0.15, -0.1) is 0 Å². The van der Waals surface area contributed by atoms with Crippen LogP contribution in [0.5, 0.6) is 5.75 Å². The van der Waals surface area contributed by atoms with Crippen molar-refractivity contribution in [2.24, 2.45) is 0 Å². The van der Waals surface area contributed by atoms with Gasteiger partial charge in [-0.3, -0.25) is 0 Å². The molecule has 126 valence electrons. The van der Waals surface area contributed by atoms with Crippen LogP contribution in [0.15, 0.2) is 59.2 Å². The van der Waals surface area contributed by atoms with Crippen LogP contribution in [0.4, 0.5) is 0 Å². The number of aromatic nitrogens is 2. The predicted octanol–water partition coefficient (Wildman–Crippen LogP) is 5.49. The quantitative estimate of drug-likeness (QED) is 0.488. The van der Waals surface area contributed by atoms with E-state index < -0.39 is 0 Å². The molecule has 3 aromatic heterocycles. The molecule has 0 fully saturated rings. The molecule has 0 aliphatic carbocycles. The molecule has 0 radical (unpaired) electrons. The van der Waals surface area contributed by atoms with Gasteiger partial charge in [0, 0.05) is 10.7 Å². The highest BCUT2D eigenvalue weighted by molar-refractivity contribution is 6.30. The molecule has 0 unspecified atom stereocenters. The maximum Gasteiger partial charge on any atom is 0.169 e. The van der Waals surface area contributed by atoms with Crippen molar-refractivity contribution in [1.29, 1.82) is 0 Å². The van der Waals surface area contributed by atoms with Crippen molar-refractivity contribution >= 4 is 17.1 Å². The lowest BCUT2D eigenvalue weighted by Crippen LogP contribution is -2.03. The fourth-order valence-corrected chi connectivity index (χ4v) is 3.31. The van der Waals surface area contributed by atoms with Crippen LogP contribution in [0.3, 0.4) is 0 Å². The third-order valence-electron chi connectivity index (χ3n) is 4.27. The number of halogens is 1.